The maximum absolute atomic E-state index is 11.3. The summed E-state index contributed by atoms with van der Waals surface area (Å²) in [5, 5.41) is 17.3. The van der Waals surface area contributed by atoms with Gasteiger partial charge in [0.25, 0.3) is 0 Å². The van der Waals surface area contributed by atoms with Gasteiger partial charge in [0.1, 0.15) is 13.2 Å². The second-order valence-corrected chi connectivity index (χ2v) is 7.54. The lowest BCUT2D eigenvalue weighted by molar-refractivity contribution is -0.142. The van der Waals surface area contributed by atoms with Crippen molar-refractivity contribution in [3.63, 3.8) is 0 Å². The Bertz CT molecular complexity index is 896. The lowest BCUT2D eigenvalue weighted by Crippen LogP contribution is -2.17. The molecule has 1 heterocycles. The number of carbonyl (C=O) groups is 3. The molecule has 0 bridgehead atoms. The van der Waals surface area contributed by atoms with Crippen LogP contribution in [0.4, 0.5) is 0 Å². The molecule has 7 nitrogen and oxygen atoms in total. The fourth-order valence-corrected chi connectivity index (χ4v) is 3.11. The molecule has 0 aromatic heterocycles. The summed E-state index contributed by atoms with van der Waals surface area (Å²) in [6.07, 6.45) is 0. The van der Waals surface area contributed by atoms with Gasteiger partial charge >= 0.3 is 11.9 Å². The largest absolute Gasteiger partial charge is 0.480 e. The van der Waals surface area contributed by atoms with Crippen molar-refractivity contribution < 1.29 is 34.1 Å². The van der Waals surface area contributed by atoms with Gasteiger partial charge in [0.15, 0.2) is 5.78 Å². The molecule has 9 heteroatoms. The number of Topliss-reactive ketones (excluding diaryl/α,β-unsaturated/α-hetero) is 1. The van der Waals surface area contributed by atoms with Crippen LogP contribution in [-0.2, 0) is 27.5 Å². The highest BCUT2D eigenvalue weighted by Crippen LogP contribution is 2.21. The maximum Gasteiger partial charge on any atom is 0.336 e. The summed E-state index contributed by atoms with van der Waals surface area (Å²) in [5.74, 6) is -2.10. The summed E-state index contributed by atoms with van der Waals surface area (Å²) in [4.78, 5) is 32.4. The summed E-state index contributed by atoms with van der Waals surface area (Å²) in [6, 6.07) is 10.4. The highest BCUT2D eigenvalue weighted by atomic mass is 79.9. The van der Waals surface area contributed by atoms with Crippen molar-refractivity contribution in [1.82, 2.24) is 0 Å². The van der Waals surface area contributed by atoms with Crippen molar-refractivity contribution in [2.75, 3.05) is 13.2 Å². The highest BCUT2D eigenvalue weighted by Gasteiger charge is 2.17. The number of benzene rings is 2. The highest BCUT2D eigenvalue weighted by molar-refractivity contribution is 9.10. The minimum atomic E-state index is -1.09. The van der Waals surface area contributed by atoms with E-state index in [4.69, 9.17) is 19.7 Å². The number of halogens is 2. The molecule has 2 N–H and O–H groups in total. The van der Waals surface area contributed by atoms with E-state index < -0.39 is 18.5 Å². The van der Waals surface area contributed by atoms with Gasteiger partial charge in [-0.2, -0.15) is 0 Å². The molecule has 0 fully saturated rings. The standard InChI is InChI=1S/C10H9BrO5.C9H7BrO2.CH4/c11-7-2-1-6(4-16-5-9(12)13)8(3-7)10(14)15;10-7-2-1-6-4-12-5-9(11)8(6)3-7;/h1-3H,4-5H2,(H,12,13)(H,14,15);1-3H,4-5H2;1H4. The third-order valence-corrected chi connectivity index (χ3v) is 4.63. The van der Waals surface area contributed by atoms with Gasteiger partial charge in [0, 0.05) is 14.5 Å². The molecule has 0 saturated heterocycles. The van der Waals surface area contributed by atoms with E-state index in [1.807, 2.05) is 18.2 Å². The molecule has 0 spiro atoms. The van der Waals surface area contributed by atoms with Crippen molar-refractivity contribution in [2.24, 2.45) is 0 Å². The van der Waals surface area contributed by atoms with Crippen LogP contribution in [0.3, 0.4) is 0 Å². The van der Waals surface area contributed by atoms with Crippen molar-refractivity contribution in [3.8, 4) is 0 Å². The van der Waals surface area contributed by atoms with Crippen LogP contribution < -0.4 is 0 Å². The van der Waals surface area contributed by atoms with Gasteiger partial charge in [0.2, 0.25) is 0 Å². The summed E-state index contributed by atoms with van der Waals surface area (Å²) in [7, 11) is 0. The first-order chi connectivity index (χ1) is 13.3. The van der Waals surface area contributed by atoms with Crippen LogP contribution >= 0.6 is 31.9 Å². The van der Waals surface area contributed by atoms with E-state index in [0.29, 0.717) is 16.6 Å². The fourth-order valence-electron chi connectivity index (χ4n) is 2.39. The third kappa shape index (κ3) is 7.69. The quantitative estimate of drug-likeness (QED) is 0.582. The Morgan fingerprint density at radius 1 is 1.03 bits per heavy atom. The Morgan fingerprint density at radius 3 is 2.34 bits per heavy atom. The molecule has 1 aliphatic heterocycles. The first-order valence-electron chi connectivity index (χ1n) is 7.98. The molecular formula is C20H20Br2O7. The lowest BCUT2D eigenvalue weighted by atomic mass is 10.0. The predicted molar refractivity (Wildman–Crippen MR) is 113 cm³/mol. The average molecular weight is 532 g/mol. The number of fused-ring (bicyclic) bond motifs is 1. The minimum absolute atomic E-state index is 0. The smallest absolute Gasteiger partial charge is 0.336 e. The molecule has 0 radical (unpaired) electrons. The normalized spacial score (nSPS) is 12.1. The van der Waals surface area contributed by atoms with E-state index in [1.165, 1.54) is 6.07 Å². The Morgan fingerprint density at radius 2 is 1.69 bits per heavy atom. The van der Waals surface area contributed by atoms with Crippen molar-refractivity contribution >= 4 is 49.6 Å². The molecule has 156 valence electrons. The second-order valence-electron chi connectivity index (χ2n) is 5.71. The van der Waals surface area contributed by atoms with Gasteiger partial charge in [-0.1, -0.05) is 51.4 Å². The third-order valence-electron chi connectivity index (χ3n) is 3.65. The number of aromatic carboxylic acids is 1. The van der Waals surface area contributed by atoms with Gasteiger partial charge in [-0.15, -0.1) is 0 Å². The first kappa shape index (κ1) is 25.0. The molecule has 0 atom stereocenters. The van der Waals surface area contributed by atoms with Gasteiger partial charge in [0.05, 0.1) is 18.8 Å². The predicted octanol–water partition coefficient (Wildman–Crippen LogP) is 4.55. The molecular weight excluding hydrogens is 512 g/mol. The minimum Gasteiger partial charge on any atom is -0.480 e. The van der Waals surface area contributed by atoms with Crippen molar-refractivity contribution in [3.05, 3.63) is 67.6 Å². The first-order valence-corrected chi connectivity index (χ1v) is 9.57. The van der Waals surface area contributed by atoms with E-state index in [-0.39, 0.29) is 32.0 Å². The summed E-state index contributed by atoms with van der Waals surface area (Å²) < 4.78 is 11.5. The number of aliphatic carboxylic acids is 1. The van der Waals surface area contributed by atoms with Crippen LogP contribution in [-0.4, -0.2) is 41.1 Å². The zero-order valence-corrected chi connectivity index (χ0v) is 17.7. The van der Waals surface area contributed by atoms with Crippen molar-refractivity contribution in [2.45, 2.75) is 20.6 Å². The monoisotopic (exact) mass is 530 g/mol. The van der Waals surface area contributed by atoms with Gasteiger partial charge in [-0.3, -0.25) is 4.79 Å². The molecule has 0 unspecified atom stereocenters. The van der Waals surface area contributed by atoms with E-state index in [0.717, 1.165) is 15.6 Å². The summed E-state index contributed by atoms with van der Waals surface area (Å²) >= 11 is 6.48. The van der Waals surface area contributed by atoms with Crippen LogP contribution in [0.1, 0.15) is 39.3 Å². The molecule has 29 heavy (non-hydrogen) atoms. The molecule has 3 rings (SSSR count). The Hall–Kier alpha value is -2.07. The number of hydrogen-bond acceptors (Lipinski definition) is 5. The fraction of sp³-hybridized carbons (Fsp3) is 0.250. The van der Waals surface area contributed by atoms with Crippen molar-refractivity contribution in [1.29, 1.82) is 0 Å². The molecule has 0 aliphatic carbocycles. The van der Waals surface area contributed by atoms with Crippen LogP contribution in [0.25, 0.3) is 0 Å². The van der Waals surface area contributed by atoms with Gasteiger partial charge in [-0.05, 0) is 35.4 Å². The second kappa shape index (κ2) is 11.8. The van der Waals surface area contributed by atoms with Crippen LogP contribution in [0, 0.1) is 0 Å². The zero-order chi connectivity index (χ0) is 20.7. The molecule has 0 amide bonds. The summed E-state index contributed by atoms with van der Waals surface area (Å²) in [6.45, 7) is 0.272. The van der Waals surface area contributed by atoms with Gasteiger partial charge < -0.3 is 19.7 Å². The zero-order valence-electron chi connectivity index (χ0n) is 14.5. The number of ketones is 1. The van der Waals surface area contributed by atoms with Crippen LogP contribution in [0.2, 0.25) is 0 Å². The SMILES string of the molecule is C.O=C(O)COCc1ccc(Br)cc1C(=O)O.O=C1COCc2ccc(Br)cc21. The average Bonchev–Trinajstić information content (AvgIpc) is 2.64. The number of rotatable bonds is 5. The molecule has 0 saturated carbocycles. The number of carboxylic acids is 2. The number of carbonyl (C=O) groups excluding carboxylic acids is 1. The lowest BCUT2D eigenvalue weighted by Gasteiger charge is -2.14. The maximum atomic E-state index is 11.3. The Balaban J connectivity index is 0.000000289. The number of ether oxygens (including phenoxy) is 2. The number of carboxylic acid groups (broad SMARTS) is 2. The molecule has 2 aromatic carbocycles. The number of hydrogen-bond donors (Lipinski definition) is 2. The topological polar surface area (TPSA) is 110 Å². The Kier molecular flexibility index (Phi) is 10.2. The van der Waals surface area contributed by atoms with E-state index >= 15 is 0 Å². The Labute approximate surface area is 184 Å². The van der Waals surface area contributed by atoms with E-state index in [2.05, 4.69) is 31.9 Å². The van der Waals surface area contributed by atoms with E-state index in [9.17, 15) is 14.4 Å². The van der Waals surface area contributed by atoms with Crippen LogP contribution in [0.15, 0.2) is 45.3 Å². The van der Waals surface area contributed by atoms with Gasteiger partial charge in [-0.25, -0.2) is 9.59 Å². The van der Waals surface area contributed by atoms with E-state index in [1.54, 1.807) is 12.1 Å². The van der Waals surface area contributed by atoms with Crippen LogP contribution in [0.5, 0.6) is 0 Å². The molecule has 2 aromatic rings. The summed E-state index contributed by atoms with van der Waals surface area (Å²) in [5.41, 5.74) is 2.31. The molecule has 1 aliphatic rings.